The normalized spacial score (nSPS) is 12.0. The van der Waals surface area contributed by atoms with Crippen LogP contribution in [0.2, 0.25) is 0 Å². The zero-order valence-electron chi connectivity index (χ0n) is 14.8. The molecule has 0 heterocycles. The third-order valence-corrected chi connectivity index (χ3v) is 3.73. The Morgan fingerprint density at radius 2 is 1.82 bits per heavy atom. The molecular weight excluding hydrogens is 383 g/mol. The van der Waals surface area contributed by atoms with Crippen molar-refractivity contribution in [2.24, 2.45) is 0 Å². The number of benzene rings is 2. The average Bonchev–Trinajstić information content (AvgIpc) is 2.66. The molecule has 0 saturated carbocycles. The monoisotopic (exact) mass is 400 g/mol. The molecule has 0 aliphatic carbocycles. The fourth-order valence-corrected chi connectivity index (χ4v) is 2.26. The zero-order valence-corrected chi connectivity index (χ0v) is 14.8. The van der Waals surface area contributed by atoms with Crippen molar-refractivity contribution in [3.63, 3.8) is 0 Å². The lowest BCUT2D eigenvalue weighted by atomic mass is 10.1. The Balaban J connectivity index is 2.08. The first-order valence-corrected chi connectivity index (χ1v) is 8.11. The topological polar surface area (TPSA) is 35.5 Å². The third-order valence-electron chi connectivity index (χ3n) is 3.73. The van der Waals surface area contributed by atoms with Crippen LogP contribution in [0.15, 0.2) is 48.5 Å². The van der Waals surface area contributed by atoms with Crippen LogP contribution in [0.5, 0.6) is 5.75 Å². The quantitative estimate of drug-likeness (QED) is 0.332. The molecular formula is C20H17F5O3. The van der Waals surface area contributed by atoms with Crippen molar-refractivity contribution in [1.82, 2.24) is 0 Å². The molecule has 8 heteroatoms. The summed E-state index contributed by atoms with van der Waals surface area (Å²) in [6.07, 6.45) is -1.08. The molecule has 0 aliphatic rings. The van der Waals surface area contributed by atoms with Crippen molar-refractivity contribution >= 4 is 11.9 Å². The number of hydrogen-bond donors (Lipinski definition) is 0. The van der Waals surface area contributed by atoms with E-state index < -0.39 is 24.8 Å². The van der Waals surface area contributed by atoms with Gasteiger partial charge in [0.15, 0.2) is 5.78 Å². The van der Waals surface area contributed by atoms with E-state index in [0.717, 1.165) is 0 Å². The minimum Gasteiger partial charge on any atom is -0.496 e. The molecule has 0 atom stereocenters. The number of carbonyl (C=O) groups excluding carboxylic acids is 1. The zero-order chi connectivity index (χ0) is 20.7. The van der Waals surface area contributed by atoms with Crippen LogP contribution in [0.4, 0.5) is 22.0 Å². The van der Waals surface area contributed by atoms with Crippen LogP contribution in [0.1, 0.15) is 21.5 Å². The van der Waals surface area contributed by atoms with Gasteiger partial charge in [-0.1, -0.05) is 12.1 Å². The summed E-state index contributed by atoms with van der Waals surface area (Å²) in [6.45, 7) is -1.81. The van der Waals surface area contributed by atoms with Gasteiger partial charge in [-0.2, -0.15) is 8.78 Å². The molecule has 0 aromatic heterocycles. The van der Waals surface area contributed by atoms with Gasteiger partial charge in [0.1, 0.15) is 18.2 Å². The lowest BCUT2D eigenvalue weighted by Crippen LogP contribution is -2.32. The fourth-order valence-electron chi connectivity index (χ4n) is 2.26. The minimum atomic E-state index is -4.24. The van der Waals surface area contributed by atoms with E-state index in [1.54, 1.807) is 6.07 Å². The standard InChI is InChI=1S/C20H17F5O3/c1-27-18-9-3-13(2-8-17(26)14-4-6-16(21)7-5-14)10-15(18)11-28-12-20(24,25)19(22)23/h2-10,19H,11-12H2,1H3/b8-2+. The molecule has 150 valence electrons. The average molecular weight is 400 g/mol. The van der Waals surface area contributed by atoms with Gasteiger partial charge in [-0.05, 0) is 48.0 Å². The van der Waals surface area contributed by atoms with Crippen LogP contribution in [-0.2, 0) is 11.3 Å². The highest BCUT2D eigenvalue weighted by Crippen LogP contribution is 2.26. The predicted octanol–water partition coefficient (Wildman–Crippen LogP) is 5.15. The first-order valence-electron chi connectivity index (χ1n) is 8.11. The van der Waals surface area contributed by atoms with Gasteiger partial charge in [-0.15, -0.1) is 0 Å². The number of allylic oxidation sites excluding steroid dienone is 1. The summed E-state index contributed by atoms with van der Waals surface area (Å²) in [7, 11) is 1.36. The Bertz CT molecular complexity index is 832. The summed E-state index contributed by atoms with van der Waals surface area (Å²) >= 11 is 0. The molecule has 28 heavy (non-hydrogen) atoms. The van der Waals surface area contributed by atoms with E-state index in [4.69, 9.17) is 9.47 Å². The summed E-state index contributed by atoms with van der Waals surface area (Å²) < 4.78 is 72.9. The van der Waals surface area contributed by atoms with Crippen molar-refractivity contribution < 1.29 is 36.2 Å². The summed E-state index contributed by atoms with van der Waals surface area (Å²) in [5.74, 6) is -4.74. The molecule has 0 N–H and O–H groups in total. The summed E-state index contributed by atoms with van der Waals surface area (Å²) in [5.41, 5.74) is 1.18. The highest BCUT2D eigenvalue weighted by atomic mass is 19.3. The van der Waals surface area contributed by atoms with Crippen LogP contribution in [0.25, 0.3) is 6.08 Å². The molecule has 0 spiro atoms. The van der Waals surface area contributed by atoms with Crippen molar-refractivity contribution in [1.29, 1.82) is 0 Å². The van der Waals surface area contributed by atoms with Crippen molar-refractivity contribution in [2.75, 3.05) is 13.7 Å². The van der Waals surface area contributed by atoms with Crippen LogP contribution in [0.3, 0.4) is 0 Å². The Labute approximate surface area is 158 Å². The van der Waals surface area contributed by atoms with Gasteiger partial charge in [0.2, 0.25) is 0 Å². The van der Waals surface area contributed by atoms with Gasteiger partial charge in [-0.3, -0.25) is 4.79 Å². The lowest BCUT2D eigenvalue weighted by molar-refractivity contribution is -0.168. The fraction of sp³-hybridized carbons (Fsp3) is 0.250. The van der Waals surface area contributed by atoms with Crippen LogP contribution in [0, 0.1) is 5.82 Å². The maximum atomic E-state index is 12.9. The number of alkyl halides is 4. The van der Waals surface area contributed by atoms with E-state index in [9.17, 15) is 26.7 Å². The van der Waals surface area contributed by atoms with Crippen LogP contribution in [-0.4, -0.2) is 31.8 Å². The Morgan fingerprint density at radius 1 is 1.14 bits per heavy atom. The molecule has 0 fully saturated rings. The number of halogens is 5. The second-order valence-corrected chi connectivity index (χ2v) is 5.83. The maximum Gasteiger partial charge on any atom is 0.330 e. The third kappa shape index (κ3) is 5.88. The Morgan fingerprint density at radius 3 is 2.43 bits per heavy atom. The molecule has 0 bridgehead atoms. The maximum absolute atomic E-state index is 12.9. The van der Waals surface area contributed by atoms with Crippen molar-refractivity contribution in [2.45, 2.75) is 19.0 Å². The van der Waals surface area contributed by atoms with E-state index in [-0.39, 0.29) is 12.4 Å². The van der Waals surface area contributed by atoms with E-state index in [1.807, 2.05) is 0 Å². The second-order valence-electron chi connectivity index (χ2n) is 5.83. The highest BCUT2D eigenvalue weighted by Gasteiger charge is 2.40. The number of ketones is 1. The van der Waals surface area contributed by atoms with E-state index in [1.165, 1.54) is 55.7 Å². The predicted molar refractivity (Wildman–Crippen MR) is 93.4 cm³/mol. The molecule has 0 amide bonds. The van der Waals surface area contributed by atoms with Gasteiger partial charge in [0.05, 0.1) is 13.7 Å². The summed E-state index contributed by atoms with van der Waals surface area (Å²) in [5, 5.41) is 0. The van der Waals surface area contributed by atoms with E-state index >= 15 is 0 Å². The SMILES string of the molecule is COc1ccc(/C=C/C(=O)c2ccc(F)cc2)cc1COCC(F)(F)C(F)F. The molecule has 3 nitrogen and oxygen atoms in total. The first kappa shape index (κ1) is 21.6. The largest absolute Gasteiger partial charge is 0.496 e. The molecule has 0 aliphatic heterocycles. The van der Waals surface area contributed by atoms with Gasteiger partial charge in [-0.25, -0.2) is 13.2 Å². The van der Waals surface area contributed by atoms with Crippen molar-refractivity contribution in [3.05, 3.63) is 71.0 Å². The van der Waals surface area contributed by atoms with Gasteiger partial charge >= 0.3 is 12.3 Å². The minimum absolute atomic E-state index is 0.295. The molecule has 0 unspecified atom stereocenters. The molecule has 2 rings (SSSR count). The molecule has 2 aromatic carbocycles. The summed E-state index contributed by atoms with van der Waals surface area (Å²) in [4.78, 5) is 12.1. The Kier molecular flexibility index (Phi) is 7.28. The number of methoxy groups -OCH3 is 1. The Hall–Kier alpha value is -2.74. The van der Waals surface area contributed by atoms with Crippen molar-refractivity contribution in [3.8, 4) is 5.75 Å². The van der Waals surface area contributed by atoms with Crippen LogP contribution < -0.4 is 4.74 Å². The van der Waals surface area contributed by atoms with Gasteiger partial charge in [0.25, 0.3) is 0 Å². The van der Waals surface area contributed by atoms with Gasteiger partial charge in [0, 0.05) is 11.1 Å². The number of hydrogen-bond acceptors (Lipinski definition) is 3. The van der Waals surface area contributed by atoms with E-state index in [2.05, 4.69) is 0 Å². The summed E-state index contributed by atoms with van der Waals surface area (Å²) in [6, 6.07) is 9.69. The number of carbonyl (C=O) groups is 1. The number of rotatable bonds is 9. The first-order chi connectivity index (χ1) is 13.2. The van der Waals surface area contributed by atoms with Gasteiger partial charge < -0.3 is 9.47 Å². The second kappa shape index (κ2) is 9.45. The molecule has 0 radical (unpaired) electrons. The van der Waals surface area contributed by atoms with Crippen LogP contribution >= 0.6 is 0 Å². The lowest BCUT2D eigenvalue weighted by Gasteiger charge is -2.16. The smallest absolute Gasteiger partial charge is 0.330 e. The number of ether oxygens (including phenoxy) is 2. The molecule has 0 saturated heterocycles. The highest BCUT2D eigenvalue weighted by molar-refractivity contribution is 6.06. The van der Waals surface area contributed by atoms with E-state index in [0.29, 0.717) is 22.4 Å². The molecule has 2 aromatic rings.